The first-order valence-electron chi connectivity index (χ1n) is 10.7. The minimum absolute atomic E-state index is 0.119. The van der Waals surface area contributed by atoms with E-state index >= 15 is 0 Å². The number of piperazine rings is 1. The Bertz CT molecular complexity index is 788. The number of nitrogens with two attached hydrogens (primary N) is 1. The molecule has 3 nitrogen and oxygen atoms in total. The molecule has 3 heteroatoms. The van der Waals surface area contributed by atoms with Crippen LogP contribution in [-0.4, -0.2) is 26.0 Å². The molecule has 1 saturated heterocycles. The van der Waals surface area contributed by atoms with E-state index in [2.05, 4.69) is 0 Å². The Labute approximate surface area is 105 Å². The lowest BCUT2D eigenvalue weighted by molar-refractivity contribution is 0.589. The standard InChI is InChI=1S/C11H17N3/c1-9-6-10(12)8-11(7-9)14-4-2-13-3-5-14/h6-8,13H,2-5,12H2,1H3/i1D3,2D2,3D2,4D2,5D2,6D,7D,8D. The lowest BCUT2D eigenvalue weighted by Gasteiger charge is -2.29. The lowest BCUT2D eigenvalue weighted by atomic mass is 10.1. The first-order chi connectivity index (χ1) is 12.2. The maximum atomic E-state index is 8.13. The summed E-state index contributed by atoms with van der Waals surface area (Å²) in [4.78, 5) is -0.119. The third-order valence-corrected chi connectivity index (χ3v) is 1.44. The molecule has 0 spiro atoms. The summed E-state index contributed by atoms with van der Waals surface area (Å²) in [5.41, 5.74) is 2.75. The van der Waals surface area contributed by atoms with Gasteiger partial charge in [0, 0.05) is 47.0 Å². The van der Waals surface area contributed by atoms with Crippen molar-refractivity contribution >= 4 is 11.4 Å². The zero-order valence-corrected chi connectivity index (χ0v) is 7.02. The lowest BCUT2D eigenvalue weighted by Crippen LogP contribution is -2.43. The quantitative estimate of drug-likeness (QED) is 0.672. The van der Waals surface area contributed by atoms with Crippen LogP contribution in [0.3, 0.4) is 0 Å². The highest BCUT2D eigenvalue weighted by Crippen LogP contribution is 2.20. The average Bonchev–Trinajstić information content (AvgIpc) is 2.45. The molecule has 0 aliphatic carbocycles. The minimum atomic E-state index is -3.38. The van der Waals surface area contributed by atoms with Gasteiger partial charge in [-0.05, 0) is 30.5 Å². The maximum absolute atomic E-state index is 8.13. The van der Waals surface area contributed by atoms with Crippen LogP contribution in [-0.2, 0) is 0 Å². The Hall–Kier alpha value is -1.22. The molecule has 0 aromatic heterocycles. The van der Waals surface area contributed by atoms with Crippen LogP contribution < -0.4 is 16.0 Å². The molecule has 0 unspecified atom stereocenters. The van der Waals surface area contributed by atoms with Gasteiger partial charge in [-0.25, -0.2) is 0 Å². The summed E-state index contributed by atoms with van der Waals surface area (Å²) in [5, 5.41) is 1.60. The van der Waals surface area contributed by atoms with Gasteiger partial charge in [0.2, 0.25) is 0 Å². The monoisotopic (exact) mass is 205 g/mol. The molecule has 1 fully saturated rings. The van der Waals surface area contributed by atoms with E-state index in [4.69, 9.17) is 24.9 Å². The first kappa shape index (κ1) is 2.30. The van der Waals surface area contributed by atoms with Crippen molar-refractivity contribution in [1.82, 2.24) is 5.32 Å². The molecule has 0 radical (unpaired) electrons. The van der Waals surface area contributed by atoms with Crippen molar-refractivity contribution < 1.29 is 19.2 Å². The zero-order valence-electron chi connectivity index (χ0n) is 21.0. The third kappa shape index (κ3) is 1.99. The Morgan fingerprint density at radius 3 is 3.00 bits per heavy atom. The summed E-state index contributed by atoms with van der Waals surface area (Å²) >= 11 is 0. The third-order valence-electron chi connectivity index (χ3n) is 1.44. The van der Waals surface area contributed by atoms with Gasteiger partial charge in [0.1, 0.15) is 0 Å². The minimum Gasteiger partial charge on any atom is -0.399 e. The number of nitrogens with one attached hydrogen (secondary N) is 1. The Morgan fingerprint density at radius 1 is 1.50 bits per heavy atom. The highest BCUT2D eigenvalue weighted by molar-refractivity contribution is 5.58. The van der Waals surface area contributed by atoms with Crippen LogP contribution in [0.25, 0.3) is 0 Å². The van der Waals surface area contributed by atoms with Crippen molar-refractivity contribution in [3.05, 3.63) is 23.7 Å². The highest BCUT2D eigenvalue weighted by atomic mass is 15.2. The van der Waals surface area contributed by atoms with Crippen LogP contribution in [0, 0.1) is 6.85 Å². The van der Waals surface area contributed by atoms with Crippen LogP contribution in [0.4, 0.5) is 11.4 Å². The molecule has 76 valence electrons. The fraction of sp³-hybridized carbons (Fsp3) is 0.455. The van der Waals surface area contributed by atoms with Crippen molar-refractivity contribution in [1.29, 1.82) is 0 Å². The van der Waals surface area contributed by atoms with E-state index in [0.717, 1.165) is 0 Å². The van der Waals surface area contributed by atoms with E-state index in [0.29, 0.717) is 0 Å². The fourth-order valence-corrected chi connectivity index (χ4v) is 0.925. The molecule has 1 aliphatic heterocycles. The predicted octanol–water partition coefficient (Wildman–Crippen LogP) is 0.987. The molecule has 3 N–H and O–H groups in total. The normalized spacial score (nSPS) is 47.0. The van der Waals surface area contributed by atoms with Gasteiger partial charge in [0.25, 0.3) is 0 Å². The molecule has 0 atom stereocenters. The largest absolute Gasteiger partial charge is 0.399 e. The summed E-state index contributed by atoms with van der Waals surface area (Å²) in [6.07, 6.45) is 0. The molecular formula is C11H17N3. The summed E-state index contributed by atoms with van der Waals surface area (Å²) in [6, 6.07) is -3.00. The van der Waals surface area contributed by atoms with Crippen molar-refractivity contribution in [2.75, 3.05) is 36.6 Å². The summed E-state index contributed by atoms with van der Waals surface area (Å²) in [5.74, 6) is 0. The number of hydrogen-bond donors (Lipinski definition) is 2. The topological polar surface area (TPSA) is 41.3 Å². The number of rotatable bonds is 1. The van der Waals surface area contributed by atoms with Crippen molar-refractivity contribution in [3.63, 3.8) is 0 Å². The fourth-order valence-electron chi connectivity index (χ4n) is 0.925. The van der Waals surface area contributed by atoms with E-state index in [1.54, 1.807) is 5.32 Å². The smallest absolute Gasteiger partial charge is 0.0667 e. The van der Waals surface area contributed by atoms with Gasteiger partial charge >= 0.3 is 0 Å². The van der Waals surface area contributed by atoms with E-state index in [1.165, 1.54) is 0 Å². The molecule has 2 rings (SSSR count). The summed E-state index contributed by atoms with van der Waals surface area (Å²) in [6.45, 7) is -16.3. The van der Waals surface area contributed by atoms with Crippen LogP contribution >= 0.6 is 0 Å². The SMILES string of the molecule is [2H]c1c(N)c([2H])c(C([2H])([2H])[2H])c([2H])c1N1C([2H])([2H])C([2H])([2H])NC([2H])([2H])C1([2H])[2H]. The van der Waals surface area contributed by atoms with Gasteiger partial charge in [0.05, 0.1) is 9.60 Å². The number of anilines is 2. The van der Waals surface area contributed by atoms with Gasteiger partial charge < -0.3 is 16.0 Å². The van der Waals surface area contributed by atoms with Gasteiger partial charge in [-0.2, -0.15) is 0 Å². The van der Waals surface area contributed by atoms with Crippen LogP contribution in [0.15, 0.2) is 18.1 Å². The van der Waals surface area contributed by atoms with Crippen LogP contribution in [0.1, 0.15) is 24.8 Å². The number of hydrogen-bond acceptors (Lipinski definition) is 3. The van der Waals surface area contributed by atoms with Crippen molar-refractivity contribution in [3.8, 4) is 0 Å². The molecular weight excluding hydrogens is 174 g/mol. The maximum Gasteiger partial charge on any atom is 0.0667 e. The second-order valence-electron chi connectivity index (χ2n) is 2.45. The molecule has 1 aromatic carbocycles. The Kier molecular flexibility index (Phi) is 0.637. The summed E-state index contributed by atoms with van der Waals surface area (Å²) in [7, 11) is 0. The van der Waals surface area contributed by atoms with Crippen LogP contribution in [0.5, 0.6) is 0 Å². The van der Waals surface area contributed by atoms with Crippen LogP contribution in [0.2, 0.25) is 0 Å². The van der Waals surface area contributed by atoms with E-state index in [-0.39, 0.29) is 4.90 Å². The molecule has 0 amide bonds. The molecule has 0 bridgehead atoms. The van der Waals surface area contributed by atoms with Gasteiger partial charge in [-0.15, -0.1) is 0 Å². The molecule has 1 aromatic rings. The predicted molar refractivity (Wildman–Crippen MR) is 60.7 cm³/mol. The van der Waals surface area contributed by atoms with E-state index in [1.807, 2.05) is 0 Å². The zero-order chi connectivity index (χ0) is 22.2. The number of benzene rings is 1. The Balaban J connectivity index is 3.01. The average molecular weight is 205 g/mol. The van der Waals surface area contributed by atoms with E-state index in [9.17, 15) is 0 Å². The number of nitrogen functional groups attached to an aromatic ring is 1. The first-order valence-corrected chi connectivity index (χ1v) is 3.71. The van der Waals surface area contributed by atoms with Crippen molar-refractivity contribution in [2.45, 2.75) is 6.85 Å². The molecule has 0 saturated carbocycles. The van der Waals surface area contributed by atoms with Gasteiger partial charge in [-0.1, -0.05) is 0 Å². The molecule has 1 heterocycles. The highest BCUT2D eigenvalue weighted by Gasteiger charge is 2.10. The second kappa shape index (κ2) is 3.88. The van der Waals surface area contributed by atoms with E-state index < -0.39 is 67.9 Å². The molecule has 14 heavy (non-hydrogen) atoms. The second-order valence-corrected chi connectivity index (χ2v) is 2.45. The van der Waals surface area contributed by atoms with Gasteiger partial charge in [0.15, 0.2) is 0 Å². The van der Waals surface area contributed by atoms with Crippen molar-refractivity contribution in [2.24, 2.45) is 0 Å². The Morgan fingerprint density at radius 2 is 2.29 bits per heavy atom. The van der Waals surface area contributed by atoms with Gasteiger partial charge in [-0.3, -0.25) is 0 Å². The molecule has 1 aliphatic rings. The number of nitrogens with zero attached hydrogens (tertiary/aromatic N) is 1. The summed E-state index contributed by atoms with van der Waals surface area (Å²) < 4.78 is 110.